The molecule has 0 spiro atoms. The lowest BCUT2D eigenvalue weighted by atomic mass is 10.1. The van der Waals surface area contributed by atoms with Crippen LogP contribution < -0.4 is 10.5 Å². The van der Waals surface area contributed by atoms with E-state index in [4.69, 9.17) is 14.9 Å². The summed E-state index contributed by atoms with van der Waals surface area (Å²) in [6.07, 6.45) is 0.845. The highest BCUT2D eigenvalue weighted by molar-refractivity contribution is 5.82. The van der Waals surface area contributed by atoms with Crippen LogP contribution in [0.3, 0.4) is 0 Å². The fourth-order valence-electron chi connectivity index (χ4n) is 2.24. The predicted molar refractivity (Wildman–Crippen MR) is 78.8 cm³/mol. The Hall–Kier alpha value is -2.33. The molecule has 2 N–H and O–H groups in total. The smallest absolute Gasteiger partial charge is 0.227 e. The van der Waals surface area contributed by atoms with Crippen molar-refractivity contribution in [3.05, 3.63) is 48.0 Å². The van der Waals surface area contributed by atoms with Crippen molar-refractivity contribution in [3.8, 4) is 17.2 Å². The second kappa shape index (κ2) is 5.35. The van der Waals surface area contributed by atoms with E-state index < -0.39 is 0 Å². The second-order valence-corrected chi connectivity index (χ2v) is 4.57. The van der Waals surface area contributed by atoms with Gasteiger partial charge in [-0.15, -0.1) is 0 Å². The van der Waals surface area contributed by atoms with E-state index in [1.54, 1.807) is 7.11 Å². The zero-order valence-electron chi connectivity index (χ0n) is 11.3. The molecule has 0 saturated heterocycles. The van der Waals surface area contributed by atoms with E-state index in [1.165, 1.54) is 5.56 Å². The predicted octanol–water partition coefficient (Wildman–Crippen LogP) is 3.00. The lowest BCUT2D eigenvalue weighted by molar-refractivity contribution is 0.419. The van der Waals surface area contributed by atoms with E-state index >= 15 is 0 Å². The summed E-state index contributed by atoms with van der Waals surface area (Å²) >= 11 is 0. The summed E-state index contributed by atoms with van der Waals surface area (Å²) in [5.41, 5.74) is 9.20. The first-order valence-electron chi connectivity index (χ1n) is 6.55. The van der Waals surface area contributed by atoms with Gasteiger partial charge in [0, 0.05) is 5.56 Å². The third kappa shape index (κ3) is 2.26. The number of hydrogen-bond acceptors (Lipinski definition) is 4. The number of hydrogen-bond donors (Lipinski definition) is 1. The fraction of sp³-hybridized carbons (Fsp3) is 0.188. The largest absolute Gasteiger partial charge is 0.494 e. The number of methoxy groups -OCH3 is 1. The molecule has 0 saturated carbocycles. The van der Waals surface area contributed by atoms with Crippen LogP contribution in [0.1, 0.15) is 5.56 Å². The molecule has 0 bridgehead atoms. The van der Waals surface area contributed by atoms with Crippen molar-refractivity contribution >= 4 is 11.1 Å². The van der Waals surface area contributed by atoms with Gasteiger partial charge >= 0.3 is 0 Å². The van der Waals surface area contributed by atoms with E-state index in [-0.39, 0.29) is 0 Å². The number of fused-ring (bicyclic) bond motifs is 1. The van der Waals surface area contributed by atoms with Crippen LogP contribution in [0.4, 0.5) is 0 Å². The maximum atomic E-state index is 5.81. The molecule has 3 rings (SSSR count). The van der Waals surface area contributed by atoms with Gasteiger partial charge in [0.2, 0.25) is 5.89 Å². The minimum atomic E-state index is 0.600. The summed E-state index contributed by atoms with van der Waals surface area (Å²) in [5, 5.41) is 0. The van der Waals surface area contributed by atoms with Gasteiger partial charge in [-0.05, 0) is 42.8 Å². The van der Waals surface area contributed by atoms with Gasteiger partial charge in [-0.2, -0.15) is 0 Å². The van der Waals surface area contributed by atoms with Crippen LogP contribution in [0.25, 0.3) is 22.6 Å². The molecule has 20 heavy (non-hydrogen) atoms. The van der Waals surface area contributed by atoms with Gasteiger partial charge in [0.15, 0.2) is 11.1 Å². The molecule has 0 amide bonds. The lowest BCUT2D eigenvalue weighted by Crippen LogP contribution is -2.02. The van der Waals surface area contributed by atoms with Gasteiger partial charge in [-0.1, -0.05) is 18.2 Å². The summed E-state index contributed by atoms with van der Waals surface area (Å²) in [4.78, 5) is 4.53. The van der Waals surface area contributed by atoms with Gasteiger partial charge in [0.25, 0.3) is 0 Å². The Labute approximate surface area is 117 Å². The van der Waals surface area contributed by atoms with Crippen molar-refractivity contribution in [1.82, 2.24) is 4.98 Å². The Morgan fingerprint density at radius 2 is 2.05 bits per heavy atom. The summed E-state index contributed by atoms with van der Waals surface area (Å²) in [5.74, 6) is 1.32. The molecule has 0 atom stereocenters. The SMILES string of the molecule is COc1cccc2oc(-c3cccc(CCN)c3)nc12. The normalized spacial score (nSPS) is 10.9. The monoisotopic (exact) mass is 268 g/mol. The van der Waals surface area contributed by atoms with Crippen molar-refractivity contribution in [2.75, 3.05) is 13.7 Å². The minimum absolute atomic E-state index is 0.600. The van der Waals surface area contributed by atoms with E-state index in [1.807, 2.05) is 30.3 Å². The van der Waals surface area contributed by atoms with Crippen LogP contribution in [0, 0.1) is 0 Å². The lowest BCUT2D eigenvalue weighted by Gasteiger charge is -2.00. The van der Waals surface area contributed by atoms with Crippen LogP contribution in [0.5, 0.6) is 5.75 Å². The molecule has 4 nitrogen and oxygen atoms in total. The van der Waals surface area contributed by atoms with Crippen molar-refractivity contribution in [3.63, 3.8) is 0 Å². The topological polar surface area (TPSA) is 61.3 Å². The maximum absolute atomic E-state index is 5.81. The second-order valence-electron chi connectivity index (χ2n) is 4.57. The van der Waals surface area contributed by atoms with Gasteiger partial charge in [0.1, 0.15) is 5.75 Å². The van der Waals surface area contributed by atoms with Crippen LogP contribution in [-0.2, 0) is 6.42 Å². The third-order valence-corrected chi connectivity index (χ3v) is 3.21. The number of ether oxygens (including phenoxy) is 1. The van der Waals surface area contributed by atoms with Crippen LogP contribution in [-0.4, -0.2) is 18.6 Å². The molecule has 0 aliphatic rings. The van der Waals surface area contributed by atoms with Gasteiger partial charge in [-0.3, -0.25) is 0 Å². The Morgan fingerprint density at radius 3 is 2.85 bits per heavy atom. The number of nitrogens with two attached hydrogens (primary N) is 1. The first-order chi connectivity index (χ1) is 9.81. The molecule has 0 fully saturated rings. The Balaban J connectivity index is 2.08. The van der Waals surface area contributed by atoms with E-state index in [0.717, 1.165) is 28.8 Å². The molecule has 0 unspecified atom stereocenters. The number of rotatable bonds is 4. The standard InChI is InChI=1S/C16H16N2O2/c1-19-13-6-3-7-14-15(13)18-16(20-14)12-5-2-4-11(10-12)8-9-17/h2-7,10H,8-9,17H2,1H3. The molecule has 3 aromatic rings. The average Bonchev–Trinajstić information content (AvgIpc) is 2.92. The number of oxazole rings is 1. The summed E-state index contributed by atoms with van der Waals surface area (Å²) in [7, 11) is 1.63. The van der Waals surface area contributed by atoms with Crippen LogP contribution in [0.2, 0.25) is 0 Å². The number of nitrogens with zero attached hydrogens (tertiary/aromatic N) is 1. The molecular weight excluding hydrogens is 252 g/mol. The van der Waals surface area contributed by atoms with Gasteiger partial charge < -0.3 is 14.9 Å². The van der Waals surface area contributed by atoms with Crippen molar-refractivity contribution in [2.45, 2.75) is 6.42 Å². The summed E-state index contributed by atoms with van der Waals surface area (Å²) in [6.45, 7) is 0.630. The first-order valence-corrected chi connectivity index (χ1v) is 6.55. The highest BCUT2D eigenvalue weighted by atomic mass is 16.5. The van der Waals surface area contributed by atoms with Gasteiger partial charge in [0.05, 0.1) is 7.11 Å². The maximum Gasteiger partial charge on any atom is 0.227 e. The zero-order valence-corrected chi connectivity index (χ0v) is 11.3. The van der Waals surface area contributed by atoms with Crippen molar-refractivity contribution < 1.29 is 9.15 Å². The molecule has 2 aromatic carbocycles. The highest BCUT2D eigenvalue weighted by Gasteiger charge is 2.11. The summed E-state index contributed by atoms with van der Waals surface area (Å²) in [6, 6.07) is 13.7. The number of para-hydroxylation sites is 1. The van der Waals surface area contributed by atoms with Crippen molar-refractivity contribution in [1.29, 1.82) is 0 Å². The molecule has 0 radical (unpaired) electrons. The van der Waals surface area contributed by atoms with E-state index in [2.05, 4.69) is 17.1 Å². The molecule has 1 heterocycles. The number of aromatic nitrogens is 1. The molecule has 1 aromatic heterocycles. The van der Waals surface area contributed by atoms with Crippen LogP contribution in [0.15, 0.2) is 46.9 Å². The quantitative estimate of drug-likeness (QED) is 0.790. The Kier molecular flexibility index (Phi) is 3.39. The molecular formula is C16H16N2O2. The Morgan fingerprint density at radius 1 is 1.20 bits per heavy atom. The van der Waals surface area contributed by atoms with E-state index in [9.17, 15) is 0 Å². The van der Waals surface area contributed by atoms with Crippen molar-refractivity contribution in [2.24, 2.45) is 5.73 Å². The molecule has 4 heteroatoms. The minimum Gasteiger partial charge on any atom is -0.494 e. The average molecular weight is 268 g/mol. The molecule has 102 valence electrons. The molecule has 0 aliphatic heterocycles. The summed E-state index contributed by atoms with van der Waals surface area (Å²) < 4.78 is 11.1. The first kappa shape index (κ1) is 12.7. The molecule has 0 aliphatic carbocycles. The number of benzene rings is 2. The third-order valence-electron chi connectivity index (χ3n) is 3.21. The fourth-order valence-corrected chi connectivity index (χ4v) is 2.24. The van der Waals surface area contributed by atoms with Crippen LogP contribution >= 0.6 is 0 Å². The highest BCUT2D eigenvalue weighted by Crippen LogP contribution is 2.30. The van der Waals surface area contributed by atoms with Gasteiger partial charge in [-0.25, -0.2) is 4.98 Å². The van der Waals surface area contributed by atoms with E-state index in [0.29, 0.717) is 12.4 Å². The zero-order chi connectivity index (χ0) is 13.9. The Bertz CT molecular complexity index is 734.